The second kappa shape index (κ2) is 20.9. The predicted octanol–water partition coefficient (Wildman–Crippen LogP) is 4.84. The lowest BCUT2D eigenvalue weighted by molar-refractivity contribution is -0.354. The minimum absolute atomic E-state index is 0. The molecule has 2 aromatic rings. The van der Waals surface area contributed by atoms with Gasteiger partial charge in [0.05, 0.1) is 22.8 Å². The molecule has 17 nitrogen and oxygen atoms in total. The van der Waals surface area contributed by atoms with Crippen LogP contribution in [0.5, 0.6) is 0 Å². The number of hydrogen-bond donors (Lipinski definition) is 9. The van der Waals surface area contributed by atoms with Crippen molar-refractivity contribution >= 4 is 34.7 Å². The summed E-state index contributed by atoms with van der Waals surface area (Å²) in [6.07, 6.45) is -1.58. The molecule has 15 atom stereocenters. The number of fused-ring (bicyclic) bond motifs is 5. The molecule has 9 rings (SSSR count). The van der Waals surface area contributed by atoms with Crippen molar-refractivity contribution in [1.82, 2.24) is 10.2 Å². The van der Waals surface area contributed by atoms with Crippen LogP contribution in [-0.4, -0.2) is 149 Å². The van der Waals surface area contributed by atoms with Crippen molar-refractivity contribution in [2.45, 2.75) is 164 Å². The number of rotatable bonds is 9. The number of aliphatic hydroxyl groups excluding tert-OH is 1. The Morgan fingerprint density at radius 3 is 2.21 bits per heavy atom. The van der Waals surface area contributed by atoms with Gasteiger partial charge in [-0.1, -0.05) is 56.3 Å². The van der Waals surface area contributed by atoms with Gasteiger partial charge in [0.1, 0.15) is 29.0 Å². The molecule has 0 radical (unpaired) electrons. The van der Waals surface area contributed by atoms with Crippen LogP contribution < -0.4 is 5.32 Å². The number of nitrogens with one attached hydrogen (secondary N) is 1. The monoisotopic (exact) mass is 1080 g/mol. The van der Waals surface area contributed by atoms with Crippen LogP contribution >= 0.6 is 12.4 Å². The summed E-state index contributed by atoms with van der Waals surface area (Å²) in [5.41, 5.74) is -8.51. The second-order valence-electron chi connectivity index (χ2n) is 21.9. The third-order valence-electron chi connectivity index (χ3n) is 17.7. The summed E-state index contributed by atoms with van der Waals surface area (Å²) < 4.78 is 87.5. The fourth-order valence-electron chi connectivity index (χ4n) is 14.2. The van der Waals surface area contributed by atoms with Gasteiger partial charge in [0.2, 0.25) is 5.79 Å². The van der Waals surface area contributed by atoms with E-state index in [-0.39, 0.29) is 50.5 Å². The summed E-state index contributed by atoms with van der Waals surface area (Å²) in [5, 5.41) is 77.1. The van der Waals surface area contributed by atoms with E-state index in [1.807, 2.05) is 19.9 Å². The average molecular weight is 1080 g/mol. The smallest absolute Gasteiger partial charge is 0.416 e. The van der Waals surface area contributed by atoms with E-state index in [2.05, 4.69) is 17.1 Å². The number of ether oxygens (including phenoxy) is 3. The van der Waals surface area contributed by atoms with E-state index in [0.29, 0.717) is 74.2 Å². The Bertz CT molecular complexity index is 2470. The molecular formula is C51H72ClF3N2O15S. The lowest BCUT2D eigenvalue weighted by Gasteiger charge is -2.68. The fourth-order valence-corrected chi connectivity index (χ4v) is 14.2. The maximum Gasteiger partial charge on any atom is 0.416 e. The third kappa shape index (κ3) is 10.4. The minimum Gasteiger partial charge on any atom is -0.461 e. The minimum atomic E-state index is -4.67. The van der Waals surface area contributed by atoms with Gasteiger partial charge in [-0.3, -0.25) is 14.0 Å². The molecule has 1 spiro atoms. The Kier molecular flexibility index (Phi) is 16.9. The van der Waals surface area contributed by atoms with Crippen LogP contribution in [0.25, 0.3) is 0 Å². The Balaban J connectivity index is 0.000000239. The zero-order valence-electron chi connectivity index (χ0n) is 41.9. The zero-order chi connectivity index (χ0) is 53.3. The predicted molar refractivity (Wildman–Crippen MR) is 260 cm³/mol. The maximum atomic E-state index is 12.9. The Morgan fingerprint density at radius 2 is 1.58 bits per heavy atom. The highest BCUT2D eigenvalue weighted by molar-refractivity contribution is 7.79. The van der Waals surface area contributed by atoms with E-state index >= 15 is 0 Å². The summed E-state index contributed by atoms with van der Waals surface area (Å²) >= 11 is 0. The Hall–Kier alpha value is -3.29. The number of aliphatic hydroxyl groups is 6. The summed E-state index contributed by atoms with van der Waals surface area (Å²) in [4.78, 5) is 26.6. The van der Waals surface area contributed by atoms with Gasteiger partial charge < -0.3 is 50.2 Å². The summed E-state index contributed by atoms with van der Waals surface area (Å²) in [6, 6.07) is 13.5. The number of carbonyl (C=O) groups is 2. The SMILES string of the molecule is CC(Cc1cccc(C(F)(F)F)c1)NCCOC(=O)c1ccccc1.CC=C(C)C(=O)OC1CCC2(C)C3CCC4C5(O)CC(O)C6(O)C(CN7CC(C)CCC7C6(C)O)C5(O)CC42OC13O.Cl.O=S(=O)(O)O. The van der Waals surface area contributed by atoms with Crippen LogP contribution in [0.2, 0.25) is 0 Å². The molecule has 9 N–H and O–H groups in total. The van der Waals surface area contributed by atoms with Gasteiger partial charge in [-0.2, -0.15) is 21.6 Å². The van der Waals surface area contributed by atoms with Crippen molar-refractivity contribution in [2.75, 3.05) is 26.2 Å². The molecule has 0 amide bonds. The number of halogens is 4. The van der Waals surface area contributed by atoms with Gasteiger partial charge in [0.25, 0.3) is 0 Å². The number of alkyl halides is 3. The summed E-state index contributed by atoms with van der Waals surface area (Å²) in [7, 11) is -4.67. The number of hydrogen-bond acceptors (Lipinski definition) is 15. The topological polar surface area (TPSA) is 273 Å². The molecule has 15 unspecified atom stereocenters. The molecule has 22 heteroatoms. The molecule has 0 aromatic heterocycles. The normalized spacial score (nSPS) is 39.8. The lowest BCUT2D eigenvalue weighted by Crippen LogP contribution is -2.85. The van der Waals surface area contributed by atoms with Crippen LogP contribution in [0, 0.1) is 29.1 Å². The number of piperidine rings is 2. The van der Waals surface area contributed by atoms with E-state index in [4.69, 9.17) is 31.7 Å². The van der Waals surface area contributed by atoms with E-state index < -0.39 is 103 Å². The van der Waals surface area contributed by atoms with Gasteiger partial charge in [0.15, 0.2) is 6.10 Å². The first-order chi connectivity index (χ1) is 33.3. The van der Waals surface area contributed by atoms with E-state index in [1.165, 1.54) is 6.07 Å². The Morgan fingerprint density at radius 1 is 0.932 bits per heavy atom. The first kappa shape index (κ1) is 59.0. The van der Waals surface area contributed by atoms with Crippen LogP contribution in [-0.2, 0) is 42.0 Å². The first-order valence-corrected chi connectivity index (χ1v) is 26.1. The molecule has 7 fully saturated rings. The van der Waals surface area contributed by atoms with Gasteiger partial charge >= 0.3 is 28.5 Å². The highest BCUT2D eigenvalue weighted by Gasteiger charge is 2.88. The number of esters is 2. The fraction of sp³-hybridized carbons (Fsp3) is 0.686. The van der Waals surface area contributed by atoms with Crippen LogP contribution in [0.3, 0.4) is 0 Å². The average Bonchev–Trinajstić information content (AvgIpc) is 3.47. The van der Waals surface area contributed by atoms with Crippen molar-refractivity contribution in [3.8, 4) is 0 Å². The highest BCUT2D eigenvalue weighted by atomic mass is 35.5. The molecular weight excluding hydrogens is 1010 g/mol. The maximum absolute atomic E-state index is 12.9. The molecule has 73 heavy (non-hydrogen) atoms. The highest BCUT2D eigenvalue weighted by Crippen LogP contribution is 2.78. The van der Waals surface area contributed by atoms with Crippen LogP contribution in [0.15, 0.2) is 66.2 Å². The van der Waals surface area contributed by atoms with Gasteiger partial charge in [-0.15, -0.1) is 12.4 Å². The molecule has 3 heterocycles. The molecule has 4 saturated carbocycles. The van der Waals surface area contributed by atoms with Gasteiger partial charge in [-0.25, -0.2) is 9.59 Å². The van der Waals surface area contributed by atoms with Crippen LogP contribution in [0.4, 0.5) is 13.2 Å². The lowest BCUT2D eigenvalue weighted by atomic mass is 9.49. The summed E-state index contributed by atoms with van der Waals surface area (Å²) in [5.74, 6) is -4.44. The zero-order valence-corrected chi connectivity index (χ0v) is 43.6. The molecule has 3 aliphatic heterocycles. The van der Waals surface area contributed by atoms with E-state index in [0.717, 1.165) is 18.6 Å². The van der Waals surface area contributed by atoms with Crippen molar-refractivity contribution < 1.29 is 85.1 Å². The van der Waals surface area contributed by atoms with Crippen molar-refractivity contribution in [1.29, 1.82) is 0 Å². The second-order valence-corrected chi connectivity index (χ2v) is 22.8. The molecule has 410 valence electrons. The van der Waals surface area contributed by atoms with Crippen molar-refractivity contribution in [2.24, 2.45) is 29.1 Å². The molecule has 3 saturated heterocycles. The molecule has 7 aliphatic rings. The quantitative estimate of drug-likeness (QED) is 0.0703. The number of carbonyl (C=O) groups excluding carboxylic acids is 2. The van der Waals surface area contributed by atoms with E-state index in [9.17, 15) is 53.4 Å². The largest absolute Gasteiger partial charge is 0.461 e. The number of allylic oxidation sites excluding steroid dienone is 1. The molecule has 4 bridgehead atoms. The number of nitrogens with zero attached hydrogens (tertiary/aromatic N) is 1. The standard InChI is InChI=1S/C32H49NO9.C19H20F3NO2.ClH.H2O4S/c1-6-18(3)25(35)41-24-11-12-26(4)19-8-9-20-28(37)13-23(34)31(39)21(29(28,38)16-30(20,26)42-32(19,24)40)15-33-14-17(2)7-10-22(33)27(31,5)36;1-14(12-15-6-5-9-17(13-15)19(20,21)22)23-10-11-25-18(24)16-7-3-2-4-8-16;;1-5(2,3)4/h6,17,19-24,34,36-40H,7-16H2,1-5H3;2-9,13-14,23H,10-12H2,1H3;1H;(H2,1,2,3,4). The van der Waals surface area contributed by atoms with E-state index in [1.54, 1.807) is 57.2 Å². The summed E-state index contributed by atoms with van der Waals surface area (Å²) in [6.45, 7) is 12.6. The van der Waals surface area contributed by atoms with Gasteiger partial charge in [0, 0.05) is 73.3 Å². The molecule has 2 aromatic carbocycles. The van der Waals surface area contributed by atoms with Crippen molar-refractivity contribution in [3.63, 3.8) is 0 Å². The van der Waals surface area contributed by atoms with Crippen LogP contribution in [0.1, 0.15) is 114 Å². The number of benzene rings is 2. The Labute approximate surface area is 430 Å². The van der Waals surface area contributed by atoms with Crippen molar-refractivity contribution in [3.05, 3.63) is 82.9 Å². The molecule has 4 aliphatic carbocycles. The first-order valence-electron chi connectivity index (χ1n) is 24.7. The third-order valence-corrected chi connectivity index (χ3v) is 17.7. The van der Waals surface area contributed by atoms with Gasteiger partial charge in [-0.05, 0) is 102 Å².